The lowest BCUT2D eigenvalue weighted by Gasteiger charge is -2.22. The highest BCUT2D eigenvalue weighted by Gasteiger charge is 2.17. The molecule has 0 aliphatic carbocycles. The Labute approximate surface area is 138 Å². The standard InChI is InChI=1S/C16H20B2N3O2/c1-10(2)11(3)8-13(6-7-18-17)19-16(22)12-4-5-14-15(9-12)21-23-20-14/h4-5,9,11,13H,1,6-8H2,2-3H3,(H,19,22). The highest BCUT2D eigenvalue weighted by atomic mass is 16.6. The van der Waals surface area contributed by atoms with Crippen LogP contribution in [-0.4, -0.2) is 37.2 Å². The second-order valence-corrected chi connectivity index (χ2v) is 5.93. The lowest BCUT2D eigenvalue weighted by molar-refractivity contribution is 0.0931. The van der Waals surface area contributed by atoms with E-state index in [1.807, 2.05) is 6.92 Å². The van der Waals surface area contributed by atoms with Gasteiger partial charge in [0.25, 0.3) is 5.91 Å². The van der Waals surface area contributed by atoms with E-state index in [1.54, 1.807) is 25.4 Å². The third kappa shape index (κ3) is 4.71. The van der Waals surface area contributed by atoms with E-state index < -0.39 is 0 Å². The lowest BCUT2D eigenvalue weighted by Crippen LogP contribution is -2.36. The van der Waals surface area contributed by atoms with Crippen molar-refractivity contribution >= 4 is 31.8 Å². The van der Waals surface area contributed by atoms with Crippen LogP contribution in [0.3, 0.4) is 0 Å². The molecule has 1 heterocycles. The number of hydrogen-bond donors (Lipinski definition) is 1. The topological polar surface area (TPSA) is 68.0 Å². The Morgan fingerprint density at radius 1 is 1.43 bits per heavy atom. The van der Waals surface area contributed by atoms with Crippen LogP contribution in [0.2, 0.25) is 6.32 Å². The first-order valence-electron chi connectivity index (χ1n) is 7.73. The Balaban J connectivity index is 2.07. The number of aromatic nitrogens is 2. The van der Waals surface area contributed by atoms with Crippen molar-refractivity contribution in [1.29, 1.82) is 0 Å². The van der Waals surface area contributed by atoms with Crippen molar-refractivity contribution < 1.29 is 9.42 Å². The summed E-state index contributed by atoms with van der Waals surface area (Å²) in [5, 5.41) is 10.6. The third-order valence-corrected chi connectivity index (χ3v) is 4.01. The quantitative estimate of drug-likeness (QED) is 0.601. The summed E-state index contributed by atoms with van der Waals surface area (Å²) in [5.41, 5.74) is 2.85. The molecule has 117 valence electrons. The maximum atomic E-state index is 12.5. The fourth-order valence-electron chi connectivity index (χ4n) is 2.37. The molecule has 0 bridgehead atoms. The monoisotopic (exact) mass is 308 g/mol. The lowest BCUT2D eigenvalue weighted by atomic mass is 9.53. The normalized spacial score (nSPS) is 13.5. The molecule has 5 nitrogen and oxygen atoms in total. The summed E-state index contributed by atoms with van der Waals surface area (Å²) in [5.74, 6) is 0.200. The van der Waals surface area contributed by atoms with Crippen molar-refractivity contribution in [1.82, 2.24) is 15.6 Å². The largest absolute Gasteiger partial charge is 0.349 e. The van der Waals surface area contributed by atoms with Gasteiger partial charge in [-0.3, -0.25) is 4.79 Å². The molecule has 0 aliphatic rings. The number of nitrogens with zero attached hydrogens (tertiary/aromatic N) is 2. The molecule has 2 unspecified atom stereocenters. The van der Waals surface area contributed by atoms with Crippen molar-refractivity contribution in [2.45, 2.75) is 39.1 Å². The van der Waals surface area contributed by atoms with Crippen LogP contribution in [0.4, 0.5) is 0 Å². The van der Waals surface area contributed by atoms with Crippen LogP contribution in [0.25, 0.3) is 11.0 Å². The van der Waals surface area contributed by atoms with E-state index in [4.69, 9.17) is 7.74 Å². The Kier molecular flexibility index (Phi) is 6.02. The number of carbonyl (C=O) groups is 1. The van der Waals surface area contributed by atoms with Gasteiger partial charge in [-0.15, -0.1) is 0 Å². The van der Waals surface area contributed by atoms with Gasteiger partial charge in [0.1, 0.15) is 11.0 Å². The smallest absolute Gasteiger partial charge is 0.251 e. The molecule has 1 N–H and O–H groups in total. The van der Waals surface area contributed by atoms with Crippen LogP contribution in [0.1, 0.15) is 37.0 Å². The summed E-state index contributed by atoms with van der Waals surface area (Å²) in [6.07, 6.45) is 2.39. The number of benzene rings is 1. The maximum Gasteiger partial charge on any atom is 0.251 e. The first kappa shape index (κ1) is 17.3. The molecule has 0 saturated carbocycles. The fourth-order valence-corrected chi connectivity index (χ4v) is 2.37. The predicted octanol–water partition coefficient (Wildman–Crippen LogP) is 2.52. The second-order valence-electron chi connectivity index (χ2n) is 5.93. The number of fused-ring (bicyclic) bond motifs is 1. The van der Waals surface area contributed by atoms with Gasteiger partial charge >= 0.3 is 0 Å². The number of allylic oxidation sites excluding steroid dienone is 1. The molecule has 2 atom stereocenters. The zero-order valence-corrected chi connectivity index (χ0v) is 13.6. The van der Waals surface area contributed by atoms with Crippen LogP contribution in [0.15, 0.2) is 35.0 Å². The number of hydrogen-bond acceptors (Lipinski definition) is 4. The number of amides is 1. The minimum Gasteiger partial charge on any atom is -0.349 e. The zero-order valence-electron chi connectivity index (χ0n) is 13.6. The van der Waals surface area contributed by atoms with E-state index in [9.17, 15) is 4.79 Å². The highest BCUT2D eigenvalue weighted by Crippen LogP contribution is 2.18. The van der Waals surface area contributed by atoms with Crippen LogP contribution in [0.5, 0.6) is 0 Å². The van der Waals surface area contributed by atoms with Crippen molar-refractivity contribution in [3.8, 4) is 0 Å². The van der Waals surface area contributed by atoms with Gasteiger partial charge < -0.3 is 5.32 Å². The highest BCUT2D eigenvalue weighted by molar-refractivity contribution is 6.89. The summed E-state index contributed by atoms with van der Waals surface area (Å²) in [4.78, 5) is 12.5. The minimum absolute atomic E-state index is 0.0418. The molecule has 1 aromatic heterocycles. The molecule has 0 aliphatic heterocycles. The average Bonchev–Trinajstić information content (AvgIpc) is 2.99. The van der Waals surface area contributed by atoms with Crippen LogP contribution in [0, 0.1) is 5.92 Å². The number of rotatable bonds is 8. The van der Waals surface area contributed by atoms with Gasteiger partial charge in [0.15, 0.2) is 0 Å². The molecule has 2 rings (SSSR count). The van der Waals surface area contributed by atoms with E-state index in [-0.39, 0.29) is 11.9 Å². The van der Waals surface area contributed by atoms with Crippen LogP contribution < -0.4 is 5.32 Å². The van der Waals surface area contributed by atoms with E-state index >= 15 is 0 Å². The summed E-state index contributed by atoms with van der Waals surface area (Å²) in [7, 11) is 7.10. The molecular formula is C16H20B2N3O2. The van der Waals surface area contributed by atoms with Gasteiger partial charge in [-0.05, 0) is 54.2 Å². The Hall–Kier alpha value is -2.04. The van der Waals surface area contributed by atoms with Crippen LogP contribution in [-0.2, 0) is 0 Å². The minimum atomic E-state index is -0.133. The molecule has 0 saturated heterocycles. The van der Waals surface area contributed by atoms with Gasteiger partial charge in [-0.2, -0.15) is 0 Å². The number of carbonyl (C=O) groups excluding carboxylic acids is 1. The molecular weight excluding hydrogens is 288 g/mol. The average molecular weight is 308 g/mol. The predicted molar refractivity (Wildman–Crippen MR) is 92.6 cm³/mol. The summed E-state index contributed by atoms with van der Waals surface area (Å²) >= 11 is 0. The van der Waals surface area contributed by atoms with Crippen molar-refractivity contribution in [3.63, 3.8) is 0 Å². The fraction of sp³-hybridized carbons (Fsp3) is 0.438. The van der Waals surface area contributed by atoms with E-state index in [0.717, 1.165) is 24.7 Å². The van der Waals surface area contributed by atoms with Gasteiger partial charge in [0.2, 0.25) is 0 Å². The van der Waals surface area contributed by atoms with Crippen molar-refractivity contribution in [3.05, 3.63) is 35.9 Å². The molecule has 1 amide bonds. The van der Waals surface area contributed by atoms with E-state index in [1.165, 1.54) is 0 Å². The third-order valence-electron chi connectivity index (χ3n) is 4.01. The molecule has 0 spiro atoms. The zero-order chi connectivity index (χ0) is 16.8. The Morgan fingerprint density at radius 3 is 2.87 bits per heavy atom. The summed E-state index contributed by atoms with van der Waals surface area (Å²) < 4.78 is 4.65. The summed E-state index contributed by atoms with van der Waals surface area (Å²) in [6, 6.07) is 5.16. The van der Waals surface area contributed by atoms with Gasteiger partial charge in [0.05, 0.1) is 7.17 Å². The Morgan fingerprint density at radius 2 is 2.17 bits per heavy atom. The molecule has 1 aromatic carbocycles. The van der Waals surface area contributed by atoms with Crippen molar-refractivity contribution in [2.24, 2.45) is 5.92 Å². The first-order valence-corrected chi connectivity index (χ1v) is 7.73. The van der Waals surface area contributed by atoms with Gasteiger partial charge in [-0.1, -0.05) is 25.4 Å². The molecule has 7 heteroatoms. The Bertz CT molecular complexity index is 687. The van der Waals surface area contributed by atoms with Crippen LogP contribution >= 0.6 is 0 Å². The van der Waals surface area contributed by atoms with Gasteiger partial charge in [0, 0.05) is 19.3 Å². The van der Waals surface area contributed by atoms with E-state index in [0.29, 0.717) is 22.5 Å². The van der Waals surface area contributed by atoms with Crippen molar-refractivity contribution in [2.75, 3.05) is 0 Å². The van der Waals surface area contributed by atoms with Gasteiger partial charge in [-0.25, -0.2) is 4.63 Å². The second kappa shape index (κ2) is 7.99. The summed E-state index contributed by atoms with van der Waals surface area (Å²) in [6.45, 7) is 8.10. The first-order chi connectivity index (χ1) is 11.0. The molecule has 2 aromatic rings. The van der Waals surface area contributed by atoms with E-state index in [2.05, 4.69) is 33.8 Å². The molecule has 3 radical (unpaired) electrons. The number of nitrogens with one attached hydrogen (secondary N) is 1. The molecule has 23 heavy (non-hydrogen) atoms. The molecule has 0 fully saturated rings. The maximum absolute atomic E-state index is 12.5. The SMILES string of the molecule is [B][B]CCC(CC(C)C(=C)C)NC(=O)c1ccc2nonc2c1.